The molecule has 2 unspecified atom stereocenters. The third-order valence-corrected chi connectivity index (χ3v) is 3.36. The van der Waals surface area contributed by atoms with Crippen molar-refractivity contribution in [2.24, 2.45) is 0 Å². The van der Waals surface area contributed by atoms with Gasteiger partial charge >= 0.3 is 0 Å². The first-order valence-corrected chi connectivity index (χ1v) is 6.50. The van der Waals surface area contributed by atoms with Gasteiger partial charge in [0.15, 0.2) is 9.79 Å². The van der Waals surface area contributed by atoms with Crippen molar-refractivity contribution < 1.29 is 9.11 Å². The van der Waals surface area contributed by atoms with E-state index in [9.17, 15) is 9.11 Å². The minimum Gasteiger partial charge on any atom is -0.612 e. The quantitative estimate of drug-likeness (QED) is 0.676. The molecule has 0 aliphatic rings. The molecule has 0 amide bonds. The van der Waals surface area contributed by atoms with Crippen LogP contribution < -0.4 is 0 Å². The van der Waals surface area contributed by atoms with Crippen LogP contribution in [0.2, 0.25) is 0 Å². The van der Waals surface area contributed by atoms with Crippen molar-refractivity contribution in [3.8, 4) is 0 Å². The van der Waals surface area contributed by atoms with E-state index >= 15 is 0 Å². The van der Waals surface area contributed by atoms with Crippen molar-refractivity contribution in [3.05, 3.63) is 24.3 Å². The van der Waals surface area contributed by atoms with Crippen molar-refractivity contribution in [2.75, 3.05) is 12.5 Å². The molecular weight excluding hydrogens is 192 g/mol. The van der Waals surface area contributed by atoms with Crippen molar-refractivity contribution in [3.63, 3.8) is 0 Å². The van der Waals surface area contributed by atoms with E-state index in [2.05, 4.69) is 0 Å². The van der Waals surface area contributed by atoms with Crippen LogP contribution in [0.3, 0.4) is 0 Å². The topological polar surface area (TPSA) is 46.1 Å². The summed E-state index contributed by atoms with van der Waals surface area (Å²) in [6, 6.07) is 6.97. The predicted octanol–water partition coefficient (Wildman–Crippen LogP) is 1.16. The van der Waals surface area contributed by atoms with Gasteiger partial charge in [0.25, 0.3) is 0 Å². The first-order chi connectivity index (χ1) is 5.61. The molecule has 0 saturated carbocycles. The monoisotopic (exact) mass is 202 g/mol. The summed E-state index contributed by atoms with van der Waals surface area (Å²) in [5, 5.41) is 0. The summed E-state index contributed by atoms with van der Waals surface area (Å²) >= 11 is -1.90. The first kappa shape index (κ1) is 9.92. The third kappa shape index (κ3) is 2.42. The van der Waals surface area contributed by atoms with Crippen LogP contribution in [0.1, 0.15) is 0 Å². The van der Waals surface area contributed by atoms with E-state index in [1.807, 2.05) is 0 Å². The summed E-state index contributed by atoms with van der Waals surface area (Å²) < 4.78 is 21.9. The fourth-order valence-electron chi connectivity index (χ4n) is 0.823. The molecule has 0 spiro atoms. The molecule has 1 rings (SSSR count). The molecule has 0 fully saturated rings. The number of hydrogen-bond acceptors (Lipinski definition) is 2. The SMILES string of the molecule is C[S+]([O-])c1ccc([S+](C)[O-])cc1. The molecule has 0 saturated heterocycles. The van der Waals surface area contributed by atoms with Crippen LogP contribution >= 0.6 is 0 Å². The van der Waals surface area contributed by atoms with Gasteiger partial charge < -0.3 is 9.11 Å². The Bertz CT molecular complexity index is 217. The minimum absolute atomic E-state index is 0.768. The van der Waals surface area contributed by atoms with E-state index in [0.717, 1.165) is 9.79 Å². The van der Waals surface area contributed by atoms with Crippen LogP contribution in [0.25, 0.3) is 0 Å². The van der Waals surface area contributed by atoms with Crippen LogP contribution in [0.15, 0.2) is 34.1 Å². The maximum absolute atomic E-state index is 11.0. The van der Waals surface area contributed by atoms with Gasteiger partial charge in [0.1, 0.15) is 12.5 Å². The van der Waals surface area contributed by atoms with E-state index < -0.39 is 22.4 Å². The number of benzene rings is 1. The van der Waals surface area contributed by atoms with Gasteiger partial charge in [0.05, 0.1) is 0 Å². The molecule has 0 heterocycles. The summed E-state index contributed by atoms with van der Waals surface area (Å²) in [5.74, 6) is 0. The van der Waals surface area contributed by atoms with Gasteiger partial charge in [0, 0.05) is 0 Å². The summed E-state index contributed by atoms with van der Waals surface area (Å²) in [6.45, 7) is 0. The molecule has 4 heteroatoms. The molecule has 0 aliphatic carbocycles. The second-order valence-electron chi connectivity index (χ2n) is 2.38. The Balaban J connectivity index is 2.86. The lowest BCUT2D eigenvalue weighted by atomic mass is 10.4. The first-order valence-electron chi connectivity index (χ1n) is 3.38. The lowest BCUT2D eigenvalue weighted by molar-refractivity contribution is 0.598. The Hall–Kier alpha value is -0.160. The Labute approximate surface area is 78.4 Å². The van der Waals surface area contributed by atoms with Crippen LogP contribution in [-0.4, -0.2) is 21.6 Å². The normalized spacial score (nSPS) is 15.7. The third-order valence-electron chi connectivity index (χ3n) is 1.49. The van der Waals surface area contributed by atoms with Gasteiger partial charge in [-0.15, -0.1) is 0 Å². The molecule has 12 heavy (non-hydrogen) atoms. The molecule has 0 N–H and O–H groups in total. The average Bonchev–Trinajstić information content (AvgIpc) is 2.04. The molecular formula is C8H10O2S2. The zero-order chi connectivity index (χ0) is 9.14. The van der Waals surface area contributed by atoms with Crippen molar-refractivity contribution in [1.29, 1.82) is 0 Å². The van der Waals surface area contributed by atoms with Crippen LogP contribution in [0.5, 0.6) is 0 Å². The fraction of sp³-hybridized carbons (Fsp3) is 0.250. The van der Waals surface area contributed by atoms with Gasteiger partial charge in [-0.05, 0) is 46.6 Å². The van der Waals surface area contributed by atoms with Crippen molar-refractivity contribution in [1.82, 2.24) is 0 Å². The van der Waals surface area contributed by atoms with Crippen LogP contribution in [0.4, 0.5) is 0 Å². The summed E-state index contributed by atoms with van der Waals surface area (Å²) in [6.07, 6.45) is 3.25. The maximum Gasteiger partial charge on any atom is 0.152 e. The van der Waals surface area contributed by atoms with Gasteiger partial charge in [-0.3, -0.25) is 0 Å². The van der Waals surface area contributed by atoms with E-state index in [1.54, 1.807) is 36.8 Å². The second-order valence-corrected chi connectivity index (χ2v) is 5.14. The van der Waals surface area contributed by atoms with Crippen LogP contribution in [0, 0.1) is 0 Å². The maximum atomic E-state index is 11.0. The molecule has 0 aromatic heterocycles. The largest absolute Gasteiger partial charge is 0.612 e. The fourth-order valence-corrected chi connectivity index (χ4v) is 1.86. The summed E-state index contributed by atoms with van der Waals surface area (Å²) in [4.78, 5) is 1.54. The lowest BCUT2D eigenvalue weighted by Crippen LogP contribution is -2.00. The molecule has 0 aliphatic heterocycles. The molecule has 2 nitrogen and oxygen atoms in total. The highest BCUT2D eigenvalue weighted by Gasteiger charge is 2.07. The highest BCUT2D eigenvalue weighted by molar-refractivity contribution is 7.91. The van der Waals surface area contributed by atoms with Crippen molar-refractivity contribution >= 4 is 22.4 Å². The zero-order valence-corrected chi connectivity index (χ0v) is 8.58. The standard InChI is InChI=1S/C8H10O2S2/c1-11(9)7-3-5-8(6-4-7)12(2)10/h3-6H,1-2H3. The smallest absolute Gasteiger partial charge is 0.152 e. The van der Waals surface area contributed by atoms with E-state index in [1.165, 1.54) is 0 Å². The lowest BCUT2D eigenvalue weighted by Gasteiger charge is -2.06. The zero-order valence-electron chi connectivity index (χ0n) is 6.94. The Kier molecular flexibility index (Phi) is 3.46. The van der Waals surface area contributed by atoms with E-state index in [4.69, 9.17) is 0 Å². The van der Waals surface area contributed by atoms with Gasteiger partial charge in [-0.25, -0.2) is 0 Å². The molecule has 0 bridgehead atoms. The van der Waals surface area contributed by atoms with Gasteiger partial charge in [0.2, 0.25) is 0 Å². The highest BCUT2D eigenvalue weighted by atomic mass is 32.2. The van der Waals surface area contributed by atoms with E-state index in [-0.39, 0.29) is 0 Å². The van der Waals surface area contributed by atoms with Crippen molar-refractivity contribution in [2.45, 2.75) is 9.79 Å². The summed E-state index contributed by atoms with van der Waals surface area (Å²) in [7, 11) is 0. The van der Waals surface area contributed by atoms with Gasteiger partial charge in [-0.2, -0.15) is 0 Å². The number of hydrogen-bond donors (Lipinski definition) is 0. The molecule has 1 aromatic carbocycles. The molecule has 0 radical (unpaired) electrons. The van der Waals surface area contributed by atoms with E-state index in [0.29, 0.717) is 0 Å². The van der Waals surface area contributed by atoms with Gasteiger partial charge in [-0.1, -0.05) is 0 Å². The average molecular weight is 202 g/mol. The molecule has 1 aromatic rings. The Morgan fingerprint density at radius 3 is 1.25 bits per heavy atom. The highest BCUT2D eigenvalue weighted by Crippen LogP contribution is 2.13. The minimum atomic E-state index is -0.949. The Morgan fingerprint density at radius 2 is 1.08 bits per heavy atom. The Morgan fingerprint density at radius 1 is 0.833 bits per heavy atom. The van der Waals surface area contributed by atoms with Crippen LogP contribution in [-0.2, 0) is 22.4 Å². The summed E-state index contributed by atoms with van der Waals surface area (Å²) in [5.41, 5.74) is 0. The second kappa shape index (κ2) is 4.18. The number of rotatable bonds is 2. The molecule has 66 valence electrons. The molecule has 2 atom stereocenters. The predicted molar refractivity (Wildman–Crippen MR) is 51.1 cm³/mol.